The highest BCUT2D eigenvalue weighted by atomic mass is 32.2. The topological polar surface area (TPSA) is 99.2 Å². The van der Waals surface area contributed by atoms with Crippen LogP contribution in [0.25, 0.3) is 0 Å². The Morgan fingerprint density at radius 3 is 2.39 bits per heavy atom. The molecule has 1 heterocycles. The monoisotopic (exact) mass is 537 g/mol. The molecular formula is C29H35N3O5S. The number of benzene rings is 3. The molecule has 1 aliphatic heterocycles. The molecule has 0 aliphatic carbocycles. The maximum Gasteiger partial charge on any atom is 0.261 e. The van der Waals surface area contributed by atoms with Gasteiger partial charge in [0.1, 0.15) is 11.9 Å². The number of carbonyl (C=O) groups is 1. The molecule has 0 saturated carbocycles. The number of hydrogen-bond donors (Lipinski definition) is 2. The first-order chi connectivity index (χ1) is 18.2. The second kappa shape index (κ2) is 12.0. The molecule has 0 fully saturated rings. The number of nitrogens with one attached hydrogen (secondary N) is 1. The van der Waals surface area contributed by atoms with Crippen molar-refractivity contribution in [2.75, 3.05) is 31.5 Å². The van der Waals surface area contributed by atoms with Gasteiger partial charge < -0.3 is 14.7 Å². The van der Waals surface area contributed by atoms with Gasteiger partial charge in [-0.05, 0) is 49.9 Å². The number of aliphatic hydroxyl groups is 1. The lowest BCUT2D eigenvalue weighted by Crippen LogP contribution is -2.49. The van der Waals surface area contributed by atoms with Gasteiger partial charge in [-0.15, -0.1) is 0 Å². The third-order valence-corrected chi connectivity index (χ3v) is 8.15. The highest BCUT2D eigenvalue weighted by molar-refractivity contribution is 7.92. The number of nitrogens with zero attached hydrogens (tertiary/aromatic N) is 2. The van der Waals surface area contributed by atoms with Gasteiger partial charge in [0.15, 0.2) is 0 Å². The molecule has 4 rings (SSSR count). The zero-order valence-electron chi connectivity index (χ0n) is 21.9. The molecule has 9 heteroatoms. The Morgan fingerprint density at radius 2 is 1.74 bits per heavy atom. The van der Waals surface area contributed by atoms with E-state index in [1.54, 1.807) is 42.2 Å². The Kier molecular flexibility index (Phi) is 8.71. The van der Waals surface area contributed by atoms with E-state index in [2.05, 4.69) is 21.8 Å². The molecule has 0 radical (unpaired) electrons. The SMILES string of the molecule is C[C@H]1CN([C@@H](C)CO)C(=O)c2cc(NS(=O)(=O)c3ccccc3)ccc2O[C@H]1CN(C)Cc1ccccc1. The van der Waals surface area contributed by atoms with Crippen LogP contribution in [0.5, 0.6) is 5.75 Å². The number of fused-ring (bicyclic) bond motifs is 1. The zero-order valence-corrected chi connectivity index (χ0v) is 22.8. The van der Waals surface area contributed by atoms with Crippen LogP contribution in [0.1, 0.15) is 29.8 Å². The predicted molar refractivity (Wildman–Crippen MR) is 148 cm³/mol. The second-order valence-electron chi connectivity index (χ2n) is 9.93. The maximum absolute atomic E-state index is 13.6. The molecule has 0 spiro atoms. The minimum Gasteiger partial charge on any atom is -0.488 e. The van der Waals surface area contributed by atoms with Crippen molar-refractivity contribution in [3.63, 3.8) is 0 Å². The lowest BCUT2D eigenvalue weighted by atomic mass is 9.99. The molecule has 8 nitrogen and oxygen atoms in total. The Morgan fingerprint density at radius 1 is 1.08 bits per heavy atom. The number of amides is 1. The number of aliphatic hydroxyl groups excluding tert-OH is 1. The van der Waals surface area contributed by atoms with Crippen LogP contribution in [0.2, 0.25) is 0 Å². The normalized spacial score (nSPS) is 18.8. The molecule has 2 N–H and O–H groups in total. The van der Waals surface area contributed by atoms with Crippen molar-refractivity contribution in [1.29, 1.82) is 0 Å². The molecule has 0 aromatic heterocycles. The van der Waals surface area contributed by atoms with Crippen LogP contribution < -0.4 is 9.46 Å². The van der Waals surface area contributed by atoms with E-state index in [9.17, 15) is 18.3 Å². The van der Waals surface area contributed by atoms with Gasteiger partial charge in [-0.25, -0.2) is 8.42 Å². The number of likely N-dealkylation sites (N-methyl/N-ethyl adjacent to an activating group) is 1. The number of anilines is 1. The average molecular weight is 538 g/mol. The quantitative estimate of drug-likeness (QED) is 0.430. The summed E-state index contributed by atoms with van der Waals surface area (Å²) in [7, 11) is -1.80. The largest absolute Gasteiger partial charge is 0.488 e. The second-order valence-corrected chi connectivity index (χ2v) is 11.6. The molecule has 1 aliphatic rings. The summed E-state index contributed by atoms with van der Waals surface area (Å²) < 4.78 is 34.8. The first-order valence-electron chi connectivity index (χ1n) is 12.7. The molecule has 3 aromatic rings. The van der Waals surface area contributed by atoms with Crippen LogP contribution in [0.3, 0.4) is 0 Å². The van der Waals surface area contributed by atoms with Crippen molar-refractivity contribution in [3.8, 4) is 5.75 Å². The lowest BCUT2D eigenvalue weighted by molar-refractivity contribution is 0.0341. The highest BCUT2D eigenvalue weighted by Crippen LogP contribution is 2.31. The summed E-state index contributed by atoms with van der Waals surface area (Å²) in [5.41, 5.74) is 1.70. The van der Waals surface area contributed by atoms with Crippen molar-refractivity contribution >= 4 is 21.6 Å². The van der Waals surface area contributed by atoms with E-state index in [1.165, 1.54) is 23.8 Å². The van der Waals surface area contributed by atoms with Crippen LogP contribution in [-0.4, -0.2) is 68.1 Å². The molecule has 3 aromatic carbocycles. The summed E-state index contributed by atoms with van der Waals surface area (Å²) in [6, 6.07) is 22.6. The molecule has 1 amide bonds. The van der Waals surface area contributed by atoms with Crippen LogP contribution in [0.15, 0.2) is 83.8 Å². The lowest BCUT2D eigenvalue weighted by Gasteiger charge is -2.38. The molecule has 0 bridgehead atoms. The van der Waals surface area contributed by atoms with E-state index in [4.69, 9.17) is 4.74 Å². The summed E-state index contributed by atoms with van der Waals surface area (Å²) in [5, 5.41) is 9.89. The molecule has 3 atom stereocenters. The Bertz CT molecular complexity index is 1330. The fraction of sp³-hybridized carbons (Fsp3) is 0.345. The summed E-state index contributed by atoms with van der Waals surface area (Å²) in [5.74, 6) is 0.0540. The fourth-order valence-corrected chi connectivity index (χ4v) is 5.66. The summed E-state index contributed by atoms with van der Waals surface area (Å²) >= 11 is 0. The van der Waals surface area contributed by atoms with Crippen molar-refractivity contribution < 1.29 is 23.1 Å². The van der Waals surface area contributed by atoms with E-state index < -0.39 is 16.1 Å². The van der Waals surface area contributed by atoms with Gasteiger partial charge in [-0.2, -0.15) is 0 Å². The maximum atomic E-state index is 13.6. The minimum absolute atomic E-state index is 0.0180. The van der Waals surface area contributed by atoms with Crippen LogP contribution in [0, 0.1) is 5.92 Å². The minimum atomic E-state index is -3.84. The van der Waals surface area contributed by atoms with E-state index in [0.717, 1.165) is 6.54 Å². The average Bonchev–Trinajstić information content (AvgIpc) is 2.91. The van der Waals surface area contributed by atoms with Crippen LogP contribution >= 0.6 is 0 Å². The first-order valence-corrected chi connectivity index (χ1v) is 14.2. The molecule has 202 valence electrons. The van der Waals surface area contributed by atoms with Crippen molar-refractivity contribution in [2.24, 2.45) is 5.92 Å². The molecular weight excluding hydrogens is 502 g/mol. The van der Waals surface area contributed by atoms with E-state index in [1.807, 2.05) is 32.2 Å². The third-order valence-electron chi connectivity index (χ3n) is 6.76. The summed E-state index contributed by atoms with van der Waals surface area (Å²) in [4.78, 5) is 17.6. The molecule has 0 unspecified atom stereocenters. The zero-order chi connectivity index (χ0) is 27.3. The number of sulfonamides is 1. The van der Waals surface area contributed by atoms with Gasteiger partial charge in [0.2, 0.25) is 0 Å². The van der Waals surface area contributed by atoms with E-state index in [0.29, 0.717) is 18.8 Å². The smallest absolute Gasteiger partial charge is 0.261 e. The third kappa shape index (κ3) is 6.53. The number of rotatable bonds is 9. The van der Waals surface area contributed by atoms with Crippen LogP contribution in [-0.2, 0) is 16.6 Å². The highest BCUT2D eigenvalue weighted by Gasteiger charge is 2.33. The Hall–Kier alpha value is -3.40. The number of hydrogen-bond acceptors (Lipinski definition) is 6. The van der Waals surface area contributed by atoms with Gasteiger partial charge in [0.25, 0.3) is 15.9 Å². The Balaban J connectivity index is 1.63. The molecule has 0 saturated heterocycles. The summed E-state index contributed by atoms with van der Waals surface area (Å²) in [6.07, 6.45) is -0.240. The fourth-order valence-electron chi connectivity index (χ4n) is 4.58. The van der Waals surface area contributed by atoms with E-state index >= 15 is 0 Å². The van der Waals surface area contributed by atoms with E-state index in [-0.39, 0.29) is 40.7 Å². The van der Waals surface area contributed by atoms with Crippen molar-refractivity contribution in [1.82, 2.24) is 9.80 Å². The Labute approximate surface area is 224 Å². The first kappa shape index (κ1) is 27.6. The van der Waals surface area contributed by atoms with Crippen molar-refractivity contribution in [3.05, 3.63) is 90.0 Å². The molecule has 38 heavy (non-hydrogen) atoms. The van der Waals surface area contributed by atoms with Crippen LogP contribution in [0.4, 0.5) is 5.69 Å². The predicted octanol–water partition coefficient (Wildman–Crippen LogP) is 3.84. The van der Waals surface area contributed by atoms with Gasteiger partial charge in [-0.1, -0.05) is 55.5 Å². The standard InChI is InChI=1S/C29H35N3O5S/c1-21-17-32(22(2)20-33)29(34)26-16-24(30-38(35,36)25-12-8-5-9-13-25)14-15-27(26)37-28(21)19-31(3)18-23-10-6-4-7-11-23/h4-16,21-22,28,30,33H,17-20H2,1-3H3/t21-,22-,28-/m0/s1. The number of carbonyl (C=O) groups excluding carboxylic acids is 1. The van der Waals surface area contributed by atoms with Gasteiger partial charge >= 0.3 is 0 Å². The summed E-state index contributed by atoms with van der Waals surface area (Å²) in [6.45, 7) is 5.41. The van der Waals surface area contributed by atoms with Gasteiger partial charge in [0.05, 0.1) is 23.1 Å². The van der Waals surface area contributed by atoms with Gasteiger partial charge in [0, 0.05) is 31.2 Å². The van der Waals surface area contributed by atoms with Crippen molar-refractivity contribution in [2.45, 2.75) is 37.4 Å². The van der Waals surface area contributed by atoms with Gasteiger partial charge in [-0.3, -0.25) is 14.4 Å². The number of ether oxygens (including phenoxy) is 1.